The van der Waals surface area contributed by atoms with E-state index in [9.17, 15) is 4.79 Å². The molecule has 0 heterocycles. The zero-order valence-corrected chi connectivity index (χ0v) is 9.29. The highest BCUT2D eigenvalue weighted by atomic mass is 16.5. The molecule has 0 spiro atoms. The number of carbonyl (C=O) groups excluding carboxylic acids is 1. The molecule has 0 aliphatic carbocycles. The third-order valence-electron chi connectivity index (χ3n) is 2.17. The quantitative estimate of drug-likeness (QED) is 0.484. The molecular formula is C11H22O3. The first-order valence-electron chi connectivity index (χ1n) is 5.49. The van der Waals surface area contributed by atoms with E-state index in [4.69, 9.17) is 9.84 Å². The molecule has 1 unspecified atom stereocenters. The molecule has 0 aromatic carbocycles. The van der Waals surface area contributed by atoms with Gasteiger partial charge in [-0.15, -0.1) is 0 Å². The zero-order valence-electron chi connectivity index (χ0n) is 9.29. The van der Waals surface area contributed by atoms with Crippen molar-refractivity contribution in [3.63, 3.8) is 0 Å². The van der Waals surface area contributed by atoms with Crippen LogP contribution in [0.1, 0.15) is 46.0 Å². The van der Waals surface area contributed by atoms with E-state index < -0.39 is 0 Å². The fraction of sp³-hybridized carbons (Fsp3) is 0.909. The molecule has 0 aromatic heterocycles. The largest absolute Gasteiger partial charge is 0.465 e. The molecule has 1 N–H and O–H groups in total. The number of carbonyl (C=O) groups is 1. The van der Waals surface area contributed by atoms with Crippen LogP contribution in [0, 0.1) is 5.92 Å². The molecule has 0 rings (SSSR count). The van der Waals surface area contributed by atoms with Crippen LogP contribution in [-0.4, -0.2) is 24.3 Å². The fourth-order valence-electron chi connectivity index (χ4n) is 1.26. The van der Waals surface area contributed by atoms with Gasteiger partial charge in [0.1, 0.15) is 0 Å². The van der Waals surface area contributed by atoms with Gasteiger partial charge in [0.2, 0.25) is 0 Å². The monoisotopic (exact) mass is 202 g/mol. The maximum absolute atomic E-state index is 11.3. The van der Waals surface area contributed by atoms with Crippen molar-refractivity contribution in [3.8, 4) is 0 Å². The van der Waals surface area contributed by atoms with E-state index in [0.717, 1.165) is 32.1 Å². The summed E-state index contributed by atoms with van der Waals surface area (Å²) < 4.78 is 5.08. The van der Waals surface area contributed by atoms with E-state index >= 15 is 0 Å². The topological polar surface area (TPSA) is 46.5 Å². The van der Waals surface area contributed by atoms with Gasteiger partial charge in [-0.05, 0) is 25.7 Å². The summed E-state index contributed by atoms with van der Waals surface area (Å²) in [6, 6.07) is 0. The first-order valence-corrected chi connectivity index (χ1v) is 5.49. The van der Waals surface area contributed by atoms with Gasteiger partial charge in [-0.1, -0.05) is 20.3 Å². The Morgan fingerprint density at radius 3 is 2.64 bits per heavy atom. The van der Waals surface area contributed by atoms with E-state index in [0.29, 0.717) is 6.61 Å². The van der Waals surface area contributed by atoms with Gasteiger partial charge in [0, 0.05) is 6.61 Å². The summed E-state index contributed by atoms with van der Waals surface area (Å²) in [6.07, 6.45) is 4.48. The Morgan fingerprint density at radius 2 is 2.07 bits per heavy atom. The van der Waals surface area contributed by atoms with E-state index in [1.807, 2.05) is 6.92 Å². The van der Waals surface area contributed by atoms with Gasteiger partial charge in [-0.25, -0.2) is 0 Å². The lowest BCUT2D eigenvalue weighted by molar-refractivity contribution is -0.148. The molecular weight excluding hydrogens is 180 g/mol. The number of esters is 1. The maximum Gasteiger partial charge on any atom is 0.308 e. The smallest absolute Gasteiger partial charge is 0.308 e. The standard InChI is InChI=1S/C11H22O3/c1-3-7-10(2)11(13)14-9-6-4-5-8-12/h10,12H,3-9H2,1-2H3. The van der Waals surface area contributed by atoms with E-state index in [1.165, 1.54) is 0 Å². The Balaban J connectivity index is 3.34. The minimum Gasteiger partial charge on any atom is -0.465 e. The summed E-state index contributed by atoms with van der Waals surface area (Å²) in [7, 11) is 0. The predicted octanol–water partition coefficient (Wildman–Crippen LogP) is 2.13. The van der Waals surface area contributed by atoms with Crippen molar-refractivity contribution in [1.82, 2.24) is 0 Å². The number of ether oxygens (including phenoxy) is 1. The average molecular weight is 202 g/mol. The van der Waals surface area contributed by atoms with Gasteiger partial charge < -0.3 is 9.84 Å². The molecule has 0 aromatic rings. The summed E-state index contributed by atoms with van der Waals surface area (Å²) in [5, 5.41) is 8.53. The summed E-state index contributed by atoms with van der Waals surface area (Å²) >= 11 is 0. The van der Waals surface area contributed by atoms with Crippen LogP contribution in [0.2, 0.25) is 0 Å². The average Bonchev–Trinajstić information content (AvgIpc) is 2.17. The summed E-state index contributed by atoms with van der Waals surface area (Å²) in [6.45, 7) is 4.68. The van der Waals surface area contributed by atoms with Crippen LogP contribution < -0.4 is 0 Å². The molecule has 0 aliphatic rings. The van der Waals surface area contributed by atoms with Gasteiger partial charge >= 0.3 is 5.97 Å². The first-order chi connectivity index (χ1) is 6.72. The molecule has 3 heteroatoms. The van der Waals surface area contributed by atoms with Crippen molar-refractivity contribution in [2.75, 3.05) is 13.2 Å². The molecule has 0 radical (unpaired) electrons. The molecule has 1 atom stereocenters. The molecule has 0 saturated carbocycles. The van der Waals surface area contributed by atoms with Gasteiger partial charge in [0.05, 0.1) is 12.5 Å². The predicted molar refractivity (Wildman–Crippen MR) is 56.0 cm³/mol. The first kappa shape index (κ1) is 13.4. The normalized spacial score (nSPS) is 12.5. The highest BCUT2D eigenvalue weighted by Crippen LogP contribution is 2.07. The number of aliphatic hydroxyl groups is 1. The SMILES string of the molecule is CCCC(C)C(=O)OCCCCCO. The van der Waals surface area contributed by atoms with E-state index in [2.05, 4.69) is 6.92 Å². The van der Waals surface area contributed by atoms with Crippen LogP contribution in [0.25, 0.3) is 0 Å². The van der Waals surface area contributed by atoms with Crippen molar-refractivity contribution < 1.29 is 14.6 Å². The van der Waals surface area contributed by atoms with Gasteiger partial charge in [-0.3, -0.25) is 4.79 Å². The van der Waals surface area contributed by atoms with Gasteiger partial charge in [0.15, 0.2) is 0 Å². The fourth-order valence-corrected chi connectivity index (χ4v) is 1.26. The summed E-state index contributed by atoms with van der Waals surface area (Å²) in [5.74, 6) is -0.0614. The van der Waals surface area contributed by atoms with Crippen molar-refractivity contribution in [1.29, 1.82) is 0 Å². The second-order valence-electron chi connectivity index (χ2n) is 3.64. The maximum atomic E-state index is 11.3. The van der Waals surface area contributed by atoms with Gasteiger partial charge in [0.25, 0.3) is 0 Å². The van der Waals surface area contributed by atoms with Crippen molar-refractivity contribution in [2.45, 2.75) is 46.0 Å². The second-order valence-corrected chi connectivity index (χ2v) is 3.64. The van der Waals surface area contributed by atoms with E-state index in [-0.39, 0.29) is 18.5 Å². The molecule has 0 fully saturated rings. The lowest BCUT2D eigenvalue weighted by Crippen LogP contribution is -2.15. The van der Waals surface area contributed by atoms with Crippen LogP contribution in [0.15, 0.2) is 0 Å². The third kappa shape index (κ3) is 6.89. The second kappa shape index (κ2) is 9.00. The number of hydrogen-bond donors (Lipinski definition) is 1. The molecule has 0 amide bonds. The van der Waals surface area contributed by atoms with Crippen LogP contribution in [0.4, 0.5) is 0 Å². The van der Waals surface area contributed by atoms with E-state index in [1.54, 1.807) is 0 Å². The third-order valence-corrected chi connectivity index (χ3v) is 2.17. The van der Waals surface area contributed by atoms with Crippen molar-refractivity contribution in [2.24, 2.45) is 5.92 Å². The summed E-state index contributed by atoms with van der Waals surface area (Å²) in [5.41, 5.74) is 0. The van der Waals surface area contributed by atoms with Gasteiger partial charge in [-0.2, -0.15) is 0 Å². The Kier molecular flexibility index (Phi) is 8.64. The van der Waals surface area contributed by atoms with Crippen molar-refractivity contribution in [3.05, 3.63) is 0 Å². The van der Waals surface area contributed by atoms with Crippen LogP contribution >= 0.6 is 0 Å². The number of unbranched alkanes of at least 4 members (excludes halogenated alkanes) is 2. The Morgan fingerprint density at radius 1 is 1.36 bits per heavy atom. The van der Waals surface area contributed by atoms with Crippen LogP contribution in [0.5, 0.6) is 0 Å². The minimum absolute atomic E-state index is 0.0258. The highest BCUT2D eigenvalue weighted by Gasteiger charge is 2.12. The molecule has 84 valence electrons. The lowest BCUT2D eigenvalue weighted by atomic mass is 10.1. The Labute approximate surface area is 86.5 Å². The Hall–Kier alpha value is -0.570. The molecule has 3 nitrogen and oxygen atoms in total. The number of aliphatic hydroxyl groups excluding tert-OH is 1. The molecule has 0 bridgehead atoms. The zero-order chi connectivity index (χ0) is 10.8. The van der Waals surface area contributed by atoms with Crippen molar-refractivity contribution >= 4 is 5.97 Å². The lowest BCUT2D eigenvalue weighted by Gasteiger charge is -2.09. The minimum atomic E-state index is -0.0872. The Bertz CT molecular complexity index is 145. The van der Waals surface area contributed by atoms with Crippen LogP contribution in [0.3, 0.4) is 0 Å². The highest BCUT2D eigenvalue weighted by molar-refractivity contribution is 5.71. The molecule has 14 heavy (non-hydrogen) atoms. The molecule has 0 aliphatic heterocycles. The molecule has 0 saturated heterocycles. The van der Waals surface area contributed by atoms with Crippen LogP contribution in [-0.2, 0) is 9.53 Å². The number of rotatable bonds is 8. The summed E-state index contributed by atoms with van der Waals surface area (Å²) in [4.78, 5) is 11.3. The number of hydrogen-bond acceptors (Lipinski definition) is 3.